The first-order valence-electron chi connectivity index (χ1n) is 7.85. The summed E-state index contributed by atoms with van der Waals surface area (Å²) in [5, 5.41) is 3.39. The maximum absolute atomic E-state index is 5.92. The zero-order chi connectivity index (χ0) is 15.4. The summed E-state index contributed by atoms with van der Waals surface area (Å²) in [5.41, 5.74) is 0. The molecule has 1 N–H and O–H groups in total. The van der Waals surface area contributed by atoms with Gasteiger partial charge in [-0.05, 0) is 49.7 Å². The van der Waals surface area contributed by atoms with E-state index >= 15 is 0 Å². The Morgan fingerprint density at radius 1 is 1.27 bits per heavy atom. The lowest BCUT2D eigenvalue weighted by Gasteiger charge is -2.26. The van der Waals surface area contributed by atoms with E-state index in [-0.39, 0.29) is 0 Å². The van der Waals surface area contributed by atoms with Crippen LogP contribution in [-0.2, 0) is 4.74 Å². The van der Waals surface area contributed by atoms with Crippen LogP contribution in [0.15, 0.2) is 53.1 Å². The van der Waals surface area contributed by atoms with E-state index in [1.165, 1.54) is 18.6 Å². The summed E-state index contributed by atoms with van der Waals surface area (Å²) < 4.78 is 10.9. The number of fused-ring (bicyclic) bond motifs is 3. The van der Waals surface area contributed by atoms with Crippen molar-refractivity contribution in [3.63, 3.8) is 0 Å². The van der Waals surface area contributed by atoms with Crippen molar-refractivity contribution in [2.24, 2.45) is 11.8 Å². The van der Waals surface area contributed by atoms with E-state index in [9.17, 15) is 0 Å². The topological polar surface area (TPSA) is 30.5 Å². The number of piperidine rings is 1. The quantitative estimate of drug-likeness (QED) is 0.778. The molecule has 0 bridgehead atoms. The lowest BCUT2D eigenvalue weighted by Crippen LogP contribution is -2.39. The number of rotatable bonds is 1. The molecule has 2 aliphatic heterocycles. The van der Waals surface area contributed by atoms with E-state index in [1.807, 2.05) is 24.3 Å². The average molecular weight is 317 g/mol. The second kappa shape index (κ2) is 7.25. The predicted octanol–water partition coefficient (Wildman–Crippen LogP) is 3.44. The molecule has 1 aliphatic carbocycles. The van der Waals surface area contributed by atoms with Gasteiger partial charge in [0.2, 0.25) is 0 Å². The second-order valence-electron chi connectivity index (χ2n) is 5.85. The summed E-state index contributed by atoms with van der Waals surface area (Å²) >= 11 is 4.11. The summed E-state index contributed by atoms with van der Waals surface area (Å²) in [6.07, 6.45) is 9.45. The highest BCUT2D eigenvalue weighted by Gasteiger charge is 2.42. The Bertz CT molecular complexity index is 553. The van der Waals surface area contributed by atoms with Crippen molar-refractivity contribution in [1.82, 2.24) is 5.32 Å². The van der Waals surface area contributed by atoms with Crippen LogP contribution in [0.2, 0.25) is 0 Å². The molecule has 3 aliphatic rings. The van der Waals surface area contributed by atoms with Crippen LogP contribution in [0, 0.1) is 11.8 Å². The fraction of sp³-hybridized carbons (Fsp3) is 0.444. The molecule has 0 saturated carbocycles. The standard InChI is InChI=1S/C11H15NO.C7H8OS/c1-2-4-10-8(3-1)9-5-6-12-7-11(9)13-10;1-8-6-2-4-7(9)5-3-6/h1-2,4,8-9,11-12H,3,5-7H2;2-5,9H,1H3. The van der Waals surface area contributed by atoms with Crippen LogP contribution in [0.3, 0.4) is 0 Å². The van der Waals surface area contributed by atoms with Crippen LogP contribution in [0.4, 0.5) is 0 Å². The monoisotopic (exact) mass is 317 g/mol. The van der Waals surface area contributed by atoms with Crippen molar-refractivity contribution < 1.29 is 9.47 Å². The Labute approximate surface area is 137 Å². The molecule has 1 aromatic carbocycles. The zero-order valence-corrected chi connectivity index (χ0v) is 13.8. The normalized spacial score (nSPS) is 28.5. The van der Waals surface area contributed by atoms with Crippen LogP contribution in [0.25, 0.3) is 0 Å². The van der Waals surface area contributed by atoms with Crippen molar-refractivity contribution in [2.75, 3.05) is 20.2 Å². The van der Waals surface area contributed by atoms with Crippen LogP contribution >= 0.6 is 12.6 Å². The minimum absolute atomic E-state index is 0.449. The van der Waals surface area contributed by atoms with Gasteiger partial charge in [-0.15, -0.1) is 12.6 Å². The number of ether oxygens (including phenoxy) is 2. The van der Waals surface area contributed by atoms with E-state index in [2.05, 4.69) is 36.2 Å². The third-order valence-corrected chi connectivity index (χ3v) is 4.80. The largest absolute Gasteiger partial charge is 0.497 e. The summed E-state index contributed by atoms with van der Waals surface area (Å²) in [6, 6.07) is 7.54. The van der Waals surface area contributed by atoms with Crippen molar-refractivity contribution in [2.45, 2.75) is 23.8 Å². The molecule has 3 atom stereocenters. The van der Waals surface area contributed by atoms with Gasteiger partial charge in [0, 0.05) is 23.3 Å². The molecule has 1 aromatic rings. The molecule has 2 saturated heterocycles. The van der Waals surface area contributed by atoms with Crippen molar-refractivity contribution >= 4 is 12.6 Å². The van der Waals surface area contributed by atoms with Gasteiger partial charge in [-0.1, -0.05) is 12.2 Å². The van der Waals surface area contributed by atoms with Gasteiger partial charge >= 0.3 is 0 Å². The maximum Gasteiger partial charge on any atom is 0.118 e. The fourth-order valence-corrected chi connectivity index (χ4v) is 3.49. The van der Waals surface area contributed by atoms with Gasteiger partial charge in [0.25, 0.3) is 0 Å². The summed E-state index contributed by atoms with van der Waals surface area (Å²) in [7, 11) is 1.65. The first-order chi connectivity index (χ1) is 10.8. The molecule has 3 unspecified atom stereocenters. The lowest BCUT2D eigenvalue weighted by atomic mass is 9.81. The van der Waals surface area contributed by atoms with Gasteiger partial charge in [0.15, 0.2) is 0 Å². The lowest BCUT2D eigenvalue weighted by molar-refractivity contribution is 0.108. The first-order valence-corrected chi connectivity index (χ1v) is 8.30. The molecule has 22 heavy (non-hydrogen) atoms. The SMILES string of the molecule is C1=CCC2C(=C1)OC1CNCCC12.COc1ccc(S)cc1. The molecule has 2 heterocycles. The van der Waals surface area contributed by atoms with E-state index in [1.54, 1.807) is 7.11 Å². The van der Waals surface area contributed by atoms with E-state index in [0.29, 0.717) is 12.0 Å². The molecule has 0 amide bonds. The van der Waals surface area contributed by atoms with Crippen LogP contribution in [-0.4, -0.2) is 26.3 Å². The van der Waals surface area contributed by atoms with E-state index in [0.717, 1.165) is 29.7 Å². The minimum Gasteiger partial charge on any atom is -0.497 e. The number of nitrogens with one attached hydrogen (secondary N) is 1. The van der Waals surface area contributed by atoms with Gasteiger partial charge < -0.3 is 14.8 Å². The highest BCUT2D eigenvalue weighted by molar-refractivity contribution is 7.80. The molecule has 2 fully saturated rings. The second-order valence-corrected chi connectivity index (χ2v) is 6.37. The Morgan fingerprint density at radius 2 is 2.09 bits per heavy atom. The number of allylic oxidation sites excluding steroid dienone is 4. The number of hydrogen-bond acceptors (Lipinski definition) is 4. The summed E-state index contributed by atoms with van der Waals surface area (Å²) in [4.78, 5) is 0.954. The van der Waals surface area contributed by atoms with Gasteiger partial charge in [0.1, 0.15) is 17.6 Å². The Kier molecular flexibility index (Phi) is 5.11. The van der Waals surface area contributed by atoms with Crippen molar-refractivity contribution in [1.29, 1.82) is 0 Å². The van der Waals surface area contributed by atoms with Gasteiger partial charge in [0.05, 0.1) is 7.11 Å². The first kappa shape index (κ1) is 15.5. The molecule has 0 radical (unpaired) electrons. The zero-order valence-electron chi connectivity index (χ0n) is 12.9. The summed E-state index contributed by atoms with van der Waals surface area (Å²) in [6.45, 7) is 2.20. The summed E-state index contributed by atoms with van der Waals surface area (Å²) in [5.74, 6) is 3.57. The Morgan fingerprint density at radius 3 is 2.86 bits per heavy atom. The molecular formula is C18H23NO2S. The van der Waals surface area contributed by atoms with Gasteiger partial charge in [-0.25, -0.2) is 0 Å². The number of thiol groups is 1. The molecule has 0 spiro atoms. The Hall–Kier alpha value is -1.39. The number of benzene rings is 1. The highest BCUT2D eigenvalue weighted by Crippen LogP contribution is 2.42. The predicted molar refractivity (Wildman–Crippen MR) is 91.4 cm³/mol. The molecular weight excluding hydrogens is 294 g/mol. The highest BCUT2D eigenvalue weighted by atomic mass is 32.1. The molecule has 0 aromatic heterocycles. The van der Waals surface area contributed by atoms with Crippen molar-refractivity contribution in [3.05, 3.63) is 48.3 Å². The Balaban J connectivity index is 0.000000142. The fourth-order valence-electron chi connectivity index (χ4n) is 3.34. The molecule has 118 valence electrons. The van der Waals surface area contributed by atoms with Crippen LogP contribution in [0.1, 0.15) is 12.8 Å². The van der Waals surface area contributed by atoms with E-state index < -0.39 is 0 Å². The van der Waals surface area contributed by atoms with Crippen molar-refractivity contribution in [3.8, 4) is 5.75 Å². The van der Waals surface area contributed by atoms with Crippen LogP contribution < -0.4 is 10.1 Å². The molecule has 4 heteroatoms. The third-order valence-electron chi connectivity index (χ3n) is 4.51. The van der Waals surface area contributed by atoms with Gasteiger partial charge in [-0.3, -0.25) is 0 Å². The van der Waals surface area contributed by atoms with E-state index in [4.69, 9.17) is 9.47 Å². The third kappa shape index (κ3) is 3.50. The maximum atomic E-state index is 5.92. The minimum atomic E-state index is 0.449. The smallest absolute Gasteiger partial charge is 0.118 e. The molecule has 4 rings (SSSR count). The number of hydrogen-bond donors (Lipinski definition) is 2. The molecule has 3 nitrogen and oxygen atoms in total. The van der Waals surface area contributed by atoms with Crippen LogP contribution in [0.5, 0.6) is 5.75 Å². The average Bonchev–Trinajstić information content (AvgIpc) is 2.95. The van der Waals surface area contributed by atoms with Gasteiger partial charge in [-0.2, -0.15) is 0 Å². The number of methoxy groups -OCH3 is 1.